The van der Waals surface area contributed by atoms with Gasteiger partial charge < -0.3 is 37.0 Å². The standard InChI is InChI=1S/C24H36N4O8/c1-5-13(4)19(25)23(34)27-17(11-18(30)31)21(32)26-16(10-14-6-8-15(29)9-7-14)22(33)28-20(12(2)3)24(35)36/h6-9,12-13,16-17,19-20,29H,5,10-11,25H2,1-4H3,(H,26,32)(H,27,34)(H,28,33)(H,30,31)(H,35,36). The maximum absolute atomic E-state index is 13.0. The van der Waals surface area contributed by atoms with Gasteiger partial charge in [0.1, 0.15) is 23.9 Å². The first-order valence-electron chi connectivity index (χ1n) is 11.7. The van der Waals surface area contributed by atoms with E-state index in [9.17, 15) is 39.3 Å². The molecule has 1 aromatic carbocycles. The summed E-state index contributed by atoms with van der Waals surface area (Å²) >= 11 is 0. The second-order valence-corrected chi connectivity index (χ2v) is 9.07. The van der Waals surface area contributed by atoms with Crippen molar-refractivity contribution >= 4 is 29.7 Å². The molecule has 0 aliphatic rings. The Morgan fingerprint density at radius 1 is 0.861 bits per heavy atom. The molecule has 0 aliphatic carbocycles. The van der Waals surface area contributed by atoms with Crippen LogP contribution < -0.4 is 21.7 Å². The highest BCUT2D eigenvalue weighted by Gasteiger charge is 2.33. The minimum atomic E-state index is -1.53. The zero-order valence-electron chi connectivity index (χ0n) is 20.9. The molecule has 0 saturated carbocycles. The third-order valence-electron chi connectivity index (χ3n) is 5.81. The lowest BCUT2D eigenvalue weighted by molar-refractivity contribution is -0.144. The number of carboxylic acids is 2. The Morgan fingerprint density at radius 3 is 1.86 bits per heavy atom. The SMILES string of the molecule is CCC(C)C(N)C(=O)NC(CC(=O)O)C(=O)NC(Cc1ccc(O)cc1)C(=O)NC(C(=O)O)C(C)C. The monoisotopic (exact) mass is 508 g/mol. The molecule has 0 aliphatic heterocycles. The van der Waals surface area contributed by atoms with Gasteiger partial charge in [-0.05, 0) is 29.5 Å². The van der Waals surface area contributed by atoms with Crippen LogP contribution in [0.25, 0.3) is 0 Å². The minimum Gasteiger partial charge on any atom is -0.508 e. The number of nitrogens with two attached hydrogens (primary N) is 1. The van der Waals surface area contributed by atoms with Crippen LogP contribution in [0.4, 0.5) is 0 Å². The highest BCUT2D eigenvalue weighted by Crippen LogP contribution is 2.13. The van der Waals surface area contributed by atoms with E-state index >= 15 is 0 Å². The van der Waals surface area contributed by atoms with Crippen molar-refractivity contribution in [2.24, 2.45) is 17.6 Å². The Balaban J connectivity index is 3.18. The lowest BCUT2D eigenvalue weighted by Gasteiger charge is -2.26. The van der Waals surface area contributed by atoms with E-state index in [4.69, 9.17) is 5.73 Å². The fraction of sp³-hybridized carbons (Fsp3) is 0.542. The molecule has 0 fully saturated rings. The molecule has 1 rings (SSSR count). The van der Waals surface area contributed by atoms with E-state index < -0.39 is 66.2 Å². The van der Waals surface area contributed by atoms with E-state index in [1.54, 1.807) is 20.8 Å². The molecule has 36 heavy (non-hydrogen) atoms. The van der Waals surface area contributed by atoms with Gasteiger partial charge in [-0.25, -0.2) is 4.79 Å². The van der Waals surface area contributed by atoms with Crippen LogP contribution in [0.5, 0.6) is 5.75 Å². The number of nitrogens with one attached hydrogen (secondary N) is 3. The number of aliphatic carboxylic acids is 2. The fourth-order valence-corrected chi connectivity index (χ4v) is 3.28. The van der Waals surface area contributed by atoms with Gasteiger partial charge in [0, 0.05) is 6.42 Å². The van der Waals surface area contributed by atoms with Crippen LogP contribution in [0, 0.1) is 11.8 Å². The van der Waals surface area contributed by atoms with E-state index in [2.05, 4.69) is 16.0 Å². The van der Waals surface area contributed by atoms with Crippen LogP contribution in [0.15, 0.2) is 24.3 Å². The first-order valence-corrected chi connectivity index (χ1v) is 11.7. The number of rotatable bonds is 14. The van der Waals surface area contributed by atoms with Gasteiger partial charge in [0.15, 0.2) is 0 Å². The van der Waals surface area contributed by atoms with E-state index in [-0.39, 0.29) is 18.1 Å². The van der Waals surface area contributed by atoms with Crippen molar-refractivity contribution in [2.75, 3.05) is 0 Å². The lowest BCUT2D eigenvalue weighted by Crippen LogP contribution is -2.58. The Hall–Kier alpha value is -3.67. The maximum atomic E-state index is 13.0. The first-order chi connectivity index (χ1) is 16.8. The molecule has 3 amide bonds. The van der Waals surface area contributed by atoms with Gasteiger partial charge in [-0.2, -0.15) is 0 Å². The number of aromatic hydroxyl groups is 1. The third kappa shape index (κ3) is 9.53. The summed E-state index contributed by atoms with van der Waals surface area (Å²) in [5.74, 6) is -5.80. The van der Waals surface area contributed by atoms with Gasteiger partial charge in [-0.3, -0.25) is 19.2 Å². The number of amides is 3. The second kappa shape index (κ2) is 14.0. The van der Waals surface area contributed by atoms with Crippen molar-refractivity contribution in [3.05, 3.63) is 29.8 Å². The molecule has 12 heteroatoms. The van der Waals surface area contributed by atoms with Gasteiger partial charge in [0.2, 0.25) is 17.7 Å². The smallest absolute Gasteiger partial charge is 0.326 e. The normalized spacial score (nSPS) is 15.2. The molecule has 0 radical (unpaired) electrons. The Morgan fingerprint density at radius 2 is 1.39 bits per heavy atom. The van der Waals surface area contributed by atoms with Gasteiger partial charge in [-0.1, -0.05) is 46.2 Å². The summed E-state index contributed by atoms with van der Waals surface area (Å²) in [5.41, 5.74) is 6.42. The van der Waals surface area contributed by atoms with Crippen molar-refractivity contribution in [3.63, 3.8) is 0 Å². The van der Waals surface area contributed by atoms with Gasteiger partial charge in [0.05, 0.1) is 12.5 Å². The number of hydrogen-bond donors (Lipinski definition) is 7. The third-order valence-corrected chi connectivity index (χ3v) is 5.81. The molecule has 0 saturated heterocycles. The van der Waals surface area contributed by atoms with Crippen molar-refractivity contribution < 1.29 is 39.3 Å². The van der Waals surface area contributed by atoms with Crippen LogP contribution >= 0.6 is 0 Å². The number of benzene rings is 1. The minimum absolute atomic E-state index is 0.0172. The largest absolute Gasteiger partial charge is 0.508 e. The predicted molar refractivity (Wildman–Crippen MR) is 130 cm³/mol. The van der Waals surface area contributed by atoms with Crippen LogP contribution in [-0.2, 0) is 30.4 Å². The van der Waals surface area contributed by atoms with Crippen LogP contribution in [-0.4, -0.2) is 69.1 Å². The Kier molecular flexibility index (Phi) is 11.8. The molecule has 0 spiro atoms. The number of carboxylic acid groups (broad SMARTS) is 2. The molecular formula is C24H36N4O8. The molecule has 0 heterocycles. The average Bonchev–Trinajstić information content (AvgIpc) is 2.80. The van der Waals surface area contributed by atoms with Crippen LogP contribution in [0.2, 0.25) is 0 Å². The van der Waals surface area contributed by atoms with E-state index in [0.717, 1.165) is 0 Å². The summed E-state index contributed by atoms with van der Waals surface area (Å²) in [7, 11) is 0. The van der Waals surface area contributed by atoms with Crippen LogP contribution in [0.3, 0.4) is 0 Å². The van der Waals surface area contributed by atoms with Crippen molar-refractivity contribution in [1.29, 1.82) is 0 Å². The van der Waals surface area contributed by atoms with Crippen LogP contribution in [0.1, 0.15) is 46.1 Å². The molecule has 1 aromatic rings. The maximum Gasteiger partial charge on any atom is 0.326 e. The molecule has 12 nitrogen and oxygen atoms in total. The zero-order valence-corrected chi connectivity index (χ0v) is 20.9. The van der Waals surface area contributed by atoms with E-state index in [0.29, 0.717) is 12.0 Å². The molecule has 0 bridgehead atoms. The average molecular weight is 509 g/mol. The van der Waals surface area contributed by atoms with E-state index in [1.165, 1.54) is 24.3 Å². The zero-order chi connectivity index (χ0) is 27.6. The number of carbonyl (C=O) groups excluding carboxylic acids is 3. The number of phenols is 1. The first kappa shape index (κ1) is 30.4. The Labute approximate surface area is 209 Å². The van der Waals surface area contributed by atoms with Crippen molar-refractivity contribution in [2.45, 2.75) is 71.1 Å². The molecule has 8 N–H and O–H groups in total. The van der Waals surface area contributed by atoms with Gasteiger partial charge in [-0.15, -0.1) is 0 Å². The summed E-state index contributed by atoms with van der Waals surface area (Å²) in [6, 6.07) is 0.742. The molecule has 0 aromatic heterocycles. The summed E-state index contributed by atoms with van der Waals surface area (Å²) in [6.07, 6.45) is -0.273. The van der Waals surface area contributed by atoms with Gasteiger partial charge in [0.25, 0.3) is 0 Å². The topological polar surface area (TPSA) is 208 Å². The Bertz CT molecular complexity index is 935. The summed E-state index contributed by atoms with van der Waals surface area (Å²) in [4.78, 5) is 61.5. The molecular weight excluding hydrogens is 472 g/mol. The highest BCUT2D eigenvalue weighted by atomic mass is 16.4. The molecule has 5 atom stereocenters. The molecule has 200 valence electrons. The van der Waals surface area contributed by atoms with Crippen molar-refractivity contribution in [1.82, 2.24) is 16.0 Å². The van der Waals surface area contributed by atoms with Crippen molar-refractivity contribution in [3.8, 4) is 5.75 Å². The van der Waals surface area contributed by atoms with Gasteiger partial charge >= 0.3 is 11.9 Å². The number of hydrogen-bond acceptors (Lipinski definition) is 7. The van der Waals surface area contributed by atoms with E-state index in [1.807, 2.05) is 6.92 Å². The second-order valence-electron chi connectivity index (χ2n) is 9.07. The lowest BCUT2D eigenvalue weighted by atomic mass is 9.98. The number of carbonyl (C=O) groups is 5. The number of phenolic OH excluding ortho intramolecular Hbond substituents is 1. The summed E-state index contributed by atoms with van der Waals surface area (Å²) in [5, 5.41) is 35.3. The fourth-order valence-electron chi connectivity index (χ4n) is 3.28. The quantitative estimate of drug-likeness (QED) is 0.180. The molecule has 5 unspecified atom stereocenters. The predicted octanol–water partition coefficient (Wildman–Crippen LogP) is -0.0222. The summed E-state index contributed by atoms with van der Waals surface area (Å²) in [6.45, 7) is 6.77. The highest BCUT2D eigenvalue weighted by molar-refractivity contribution is 5.95. The summed E-state index contributed by atoms with van der Waals surface area (Å²) < 4.78 is 0.